The summed E-state index contributed by atoms with van der Waals surface area (Å²) in [5.74, 6) is -0.0143. The zero-order valence-corrected chi connectivity index (χ0v) is 14.5. The molecule has 1 N–H and O–H groups in total. The minimum Gasteiger partial charge on any atom is -0.465 e. The second-order valence-corrected chi connectivity index (χ2v) is 6.35. The third-order valence-electron chi connectivity index (χ3n) is 3.25. The molecule has 0 saturated carbocycles. The third-order valence-corrected chi connectivity index (χ3v) is 4.16. The van der Waals surface area contributed by atoms with E-state index in [1.807, 2.05) is 61.5 Å². The topological polar surface area (TPSA) is 55.4 Å². The molecule has 5 heteroatoms. The van der Waals surface area contributed by atoms with Crippen LogP contribution in [0.1, 0.15) is 11.1 Å². The molecule has 0 spiro atoms. The third kappa shape index (κ3) is 6.87. The monoisotopic (exact) mass is 343 g/mol. The standard InChI is InChI=1S/C19H21NO3S/c1-15-6-5-9-17(12-15)20-18(21)13-24-14-19(22)23-11-10-16-7-3-2-4-8-16/h2-9,12H,10-11,13-14H2,1H3,(H,20,21). The highest BCUT2D eigenvalue weighted by atomic mass is 32.2. The normalized spacial score (nSPS) is 10.2. The van der Waals surface area contributed by atoms with Crippen LogP contribution >= 0.6 is 11.8 Å². The van der Waals surface area contributed by atoms with Gasteiger partial charge in [0.05, 0.1) is 18.1 Å². The molecule has 126 valence electrons. The fourth-order valence-electron chi connectivity index (χ4n) is 2.12. The van der Waals surface area contributed by atoms with Crippen LogP contribution in [0.15, 0.2) is 54.6 Å². The quantitative estimate of drug-likeness (QED) is 0.746. The Morgan fingerprint density at radius 1 is 1.04 bits per heavy atom. The van der Waals surface area contributed by atoms with E-state index in [1.165, 1.54) is 11.8 Å². The molecule has 0 saturated heterocycles. The predicted molar refractivity (Wildman–Crippen MR) is 98.2 cm³/mol. The summed E-state index contributed by atoms with van der Waals surface area (Å²) in [5.41, 5.74) is 2.99. The van der Waals surface area contributed by atoms with E-state index in [9.17, 15) is 9.59 Å². The lowest BCUT2D eigenvalue weighted by Crippen LogP contribution is -2.16. The van der Waals surface area contributed by atoms with Crippen LogP contribution in [-0.4, -0.2) is 30.0 Å². The second kappa shape index (κ2) is 9.78. The predicted octanol–water partition coefficient (Wildman–Crippen LogP) is 3.45. The van der Waals surface area contributed by atoms with E-state index in [0.717, 1.165) is 16.8 Å². The van der Waals surface area contributed by atoms with Crippen LogP contribution in [-0.2, 0) is 20.7 Å². The van der Waals surface area contributed by atoms with Gasteiger partial charge in [-0.2, -0.15) is 0 Å². The number of aryl methyl sites for hydroxylation is 1. The van der Waals surface area contributed by atoms with Gasteiger partial charge in [0.25, 0.3) is 0 Å². The zero-order valence-electron chi connectivity index (χ0n) is 13.7. The maximum absolute atomic E-state index is 11.8. The van der Waals surface area contributed by atoms with E-state index in [1.54, 1.807) is 0 Å². The van der Waals surface area contributed by atoms with E-state index in [-0.39, 0.29) is 23.4 Å². The molecule has 2 aromatic rings. The van der Waals surface area contributed by atoms with Gasteiger partial charge in [-0.3, -0.25) is 9.59 Å². The van der Waals surface area contributed by atoms with Crippen molar-refractivity contribution in [1.82, 2.24) is 0 Å². The Bertz CT molecular complexity index is 673. The molecular weight excluding hydrogens is 322 g/mol. The molecule has 0 radical (unpaired) electrons. The summed E-state index contributed by atoms with van der Waals surface area (Å²) in [6.07, 6.45) is 0.699. The number of amides is 1. The Hall–Kier alpha value is -2.27. The van der Waals surface area contributed by atoms with Gasteiger partial charge in [-0.1, -0.05) is 42.5 Å². The summed E-state index contributed by atoms with van der Waals surface area (Å²) in [6, 6.07) is 17.5. The van der Waals surface area contributed by atoms with Crippen LogP contribution in [0.5, 0.6) is 0 Å². The Kier molecular flexibility index (Phi) is 7.36. The number of carbonyl (C=O) groups excluding carboxylic acids is 2. The van der Waals surface area contributed by atoms with Crippen molar-refractivity contribution in [3.63, 3.8) is 0 Å². The van der Waals surface area contributed by atoms with Gasteiger partial charge in [0.1, 0.15) is 0 Å². The van der Waals surface area contributed by atoms with Gasteiger partial charge in [-0.05, 0) is 30.2 Å². The Labute approximate surface area is 146 Å². The van der Waals surface area contributed by atoms with Crippen LogP contribution < -0.4 is 5.32 Å². The highest BCUT2D eigenvalue weighted by Gasteiger charge is 2.07. The molecule has 24 heavy (non-hydrogen) atoms. The first-order chi connectivity index (χ1) is 11.6. The summed E-state index contributed by atoms with van der Waals surface area (Å²) in [6.45, 7) is 2.33. The van der Waals surface area contributed by atoms with Gasteiger partial charge < -0.3 is 10.1 Å². The molecule has 0 aliphatic rings. The lowest BCUT2D eigenvalue weighted by molar-refractivity contribution is -0.140. The fraction of sp³-hybridized carbons (Fsp3) is 0.263. The number of anilines is 1. The summed E-state index contributed by atoms with van der Waals surface area (Å²) in [5, 5.41) is 2.81. The average Bonchev–Trinajstić information content (AvgIpc) is 2.56. The number of hydrogen-bond donors (Lipinski definition) is 1. The molecule has 0 aromatic heterocycles. The van der Waals surface area contributed by atoms with Crippen molar-refractivity contribution in [2.45, 2.75) is 13.3 Å². The van der Waals surface area contributed by atoms with E-state index in [4.69, 9.17) is 4.74 Å². The molecular formula is C19H21NO3S. The van der Waals surface area contributed by atoms with E-state index < -0.39 is 0 Å². The van der Waals surface area contributed by atoms with E-state index in [0.29, 0.717) is 13.0 Å². The number of esters is 1. The molecule has 0 aliphatic heterocycles. The number of rotatable bonds is 8. The number of ether oxygens (including phenoxy) is 1. The zero-order chi connectivity index (χ0) is 17.2. The molecule has 2 rings (SSSR count). The summed E-state index contributed by atoms with van der Waals surface area (Å²) >= 11 is 1.25. The number of thioether (sulfide) groups is 1. The van der Waals surface area contributed by atoms with E-state index >= 15 is 0 Å². The summed E-state index contributed by atoms with van der Waals surface area (Å²) < 4.78 is 5.17. The molecule has 0 aliphatic carbocycles. The number of carbonyl (C=O) groups is 2. The van der Waals surface area contributed by atoms with Crippen molar-refractivity contribution < 1.29 is 14.3 Å². The molecule has 0 unspecified atom stereocenters. The largest absolute Gasteiger partial charge is 0.465 e. The minimum absolute atomic E-state index is 0.123. The second-order valence-electron chi connectivity index (χ2n) is 5.37. The van der Waals surface area contributed by atoms with Crippen LogP contribution in [0, 0.1) is 6.92 Å². The van der Waals surface area contributed by atoms with Crippen LogP contribution in [0.3, 0.4) is 0 Å². The van der Waals surface area contributed by atoms with Gasteiger partial charge in [-0.25, -0.2) is 0 Å². The number of hydrogen-bond acceptors (Lipinski definition) is 4. The van der Waals surface area contributed by atoms with Gasteiger partial charge in [0.2, 0.25) is 5.91 Å². The smallest absolute Gasteiger partial charge is 0.315 e. The maximum Gasteiger partial charge on any atom is 0.315 e. The average molecular weight is 343 g/mol. The number of nitrogens with one attached hydrogen (secondary N) is 1. The lowest BCUT2D eigenvalue weighted by Gasteiger charge is -2.06. The van der Waals surface area contributed by atoms with Crippen LogP contribution in [0.4, 0.5) is 5.69 Å². The summed E-state index contributed by atoms with van der Waals surface area (Å²) in [7, 11) is 0. The first-order valence-electron chi connectivity index (χ1n) is 7.77. The van der Waals surface area contributed by atoms with Crippen molar-refractivity contribution in [3.05, 3.63) is 65.7 Å². The molecule has 1 amide bonds. The summed E-state index contributed by atoms with van der Waals surface area (Å²) in [4.78, 5) is 23.5. The van der Waals surface area contributed by atoms with Gasteiger partial charge in [0.15, 0.2) is 0 Å². The van der Waals surface area contributed by atoms with Crippen LogP contribution in [0.2, 0.25) is 0 Å². The Morgan fingerprint density at radius 2 is 1.83 bits per heavy atom. The number of benzene rings is 2. The van der Waals surface area contributed by atoms with Gasteiger partial charge >= 0.3 is 5.97 Å². The van der Waals surface area contributed by atoms with Crippen molar-refractivity contribution in [3.8, 4) is 0 Å². The van der Waals surface area contributed by atoms with Crippen molar-refractivity contribution in [1.29, 1.82) is 0 Å². The van der Waals surface area contributed by atoms with Gasteiger partial charge in [0, 0.05) is 12.1 Å². The first-order valence-corrected chi connectivity index (χ1v) is 8.93. The SMILES string of the molecule is Cc1cccc(NC(=O)CSCC(=O)OCCc2ccccc2)c1. The van der Waals surface area contributed by atoms with Crippen molar-refractivity contribution in [2.24, 2.45) is 0 Å². The maximum atomic E-state index is 11.8. The highest BCUT2D eigenvalue weighted by Crippen LogP contribution is 2.10. The fourth-order valence-corrected chi connectivity index (χ4v) is 2.73. The van der Waals surface area contributed by atoms with Crippen molar-refractivity contribution >= 4 is 29.3 Å². The van der Waals surface area contributed by atoms with Gasteiger partial charge in [-0.15, -0.1) is 11.8 Å². The Morgan fingerprint density at radius 3 is 2.58 bits per heavy atom. The minimum atomic E-state index is -0.292. The molecule has 4 nitrogen and oxygen atoms in total. The highest BCUT2D eigenvalue weighted by molar-refractivity contribution is 8.00. The molecule has 0 fully saturated rings. The molecule has 2 aromatic carbocycles. The van der Waals surface area contributed by atoms with Crippen LogP contribution in [0.25, 0.3) is 0 Å². The molecule has 0 atom stereocenters. The van der Waals surface area contributed by atoms with Crippen molar-refractivity contribution in [2.75, 3.05) is 23.4 Å². The lowest BCUT2D eigenvalue weighted by atomic mass is 10.2. The molecule has 0 heterocycles. The molecule has 0 bridgehead atoms. The van der Waals surface area contributed by atoms with E-state index in [2.05, 4.69) is 5.32 Å². The first kappa shape index (κ1) is 18.1. The Balaban J connectivity index is 1.59.